The van der Waals surface area contributed by atoms with Crippen molar-refractivity contribution in [1.82, 2.24) is 5.32 Å². The Morgan fingerprint density at radius 2 is 2.06 bits per heavy atom. The first kappa shape index (κ1) is 12.7. The maximum atomic E-state index is 14.1. The first-order valence-corrected chi connectivity index (χ1v) is 7.17. The molecule has 1 aromatic rings. The highest BCUT2D eigenvalue weighted by Gasteiger charge is 2.16. The highest BCUT2D eigenvalue weighted by atomic mass is 32.2. The van der Waals surface area contributed by atoms with Crippen LogP contribution in [0.5, 0.6) is 0 Å². The van der Waals surface area contributed by atoms with Gasteiger partial charge >= 0.3 is 0 Å². The molecule has 1 aromatic carbocycles. The van der Waals surface area contributed by atoms with E-state index < -0.39 is 0 Å². The number of nitrogens with one attached hydrogen (secondary N) is 1. The summed E-state index contributed by atoms with van der Waals surface area (Å²) in [6, 6.07) is 5.77. The smallest absolute Gasteiger partial charge is 0.146 e. The topological polar surface area (TPSA) is 15.3 Å². The second kappa shape index (κ2) is 5.74. The number of benzene rings is 1. The summed E-state index contributed by atoms with van der Waals surface area (Å²) in [7, 11) is 1.89. The summed E-state index contributed by atoms with van der Waals surface area (Å²) in [5.74, 6) is 2.08. The van der Waals surface area contributed by atoms with Crippen LogP contribution < -0.4 is 10.2 Å². The maximum absolute atomic E-state index is 14.1. The molecule has 1 saturated heterocycles. The van der Waals surface area contributed by atoms with Gasteiger partial charge in [-0.25, -0.2) is 4.39 Å². The Balaban J connectivity index is 2.18. The minimum Gasteiger partial charge on any atom is -0.368 e. The summed E-state index contributed by atoms with van der Waals surface area (Å²) < 4.78 is 14.1. The summed E-state index contributed by atoms with van der Waals surface area (Å²) in [4.78, 5) is 2.14. The lowest BCUT2D eigenvalue weighted by atomic mass is 10.1. The monoisotopic (exact) mass is 254 g/mol. The van der Waals surface area contributed by atoms with E-state index in [1.54, 1.807) is 6.07 Å². The summed E-state index contributed by atoms with van der Waals surface area (Å²) in [5, 5.41) is 3.12. The molecular weight excluding hydrogens is 235 g/mol. The molecule has 1 aliphatic rings. The van der Waals surface area contributed by atoms with Gasteiger partial charge in [0.1, 0.15) is 5.82 Å². The molecule has 1 atom stereocenters. The lowest BCUT2D eigenvalue weighted by molar-refractivity contribution is 0.603. The number of halogens is 1. The molecule has 2 nitrogen and oxygen atoms in total. The summed E-state index contributed by atoms with van der Waals surface area (Å²) in [5.41, 5.74) is 1.75. The molecule has 0 amide bonds. The Labute approximate surface area is 107 Å². The molecule has 1 unspecified atom stereocenters. The zero-order valence-corrected chi connectivity index (χ0v) is 11.2. The van der Waals surface area contributed by atoms with Crippen molar-refractivity contribution in [3.05, 3.63) is 29.6 Å². The fraction of sp³-hybridized carbons (Fsp3) is 0.538. The van der Waals surface area contributed by atoms with Gasteiger partial charge in [-0.1, -0.05) is 6.07 Å². The quantitative estimate of drug-likeness (QED) is 0.893. The first-order valence-electron chi connectivity index (χ1n) is 6.02. The number of thioether (sulfide) groups is 1. The molecule has 17 heavy (non-hydrogen) atoms. The minimum atomic E-state index is -0.100. The van der Waals surface area contributed by atoms with Crippen LogP contribution in [0.4, 0.5) is 10.1 Å². The van der Waals surface area contributed by atoms with E-state index in [2.05, 4.69) is 10.2 Å². The lowest BCUT2D eigenvalue weighted by Gasteiger charge is -2.29. The SMILES string of the molecule is CNC(C)c1ccc(N2CCSCC2)c(F)c1. The van der Waals surface area contributed by atoms with Gasteiger partial charge in [0.2, 0.25) is 0 Å². The minimum absolute atomic E-state index is 0.100. The first-order chi connectivity index (χ1) is 8.22. The molecule has 0 aliphatic carbocycles. The predicted molar refractivity (Wildman–Crippen MR) is 73.4 cm³/mol. The van der Waals surface area contributed by atoms with Gasteiger partial charge in [0.15, 0.2) is 0 Å². The van der Waals surface area contributed by atoms with E-state index >= 15 is 0 Å². The van der Waals surface area contributed by atoms with E-state index in [1.165, 1.54) is 0 Å². The van der Waals surface area contributed by atoms with Crippen LogP contribution in [0.1, 0.15) is 18.5 Å². The van der Waals surface area contributed by atoms with Gasteiger partial charge in [0, 0.05) is 30.6 Å². The van der Waals surface area contributed by atoms with Crippen LogP contribution in [0.3, 0.4) is 0 Å². The van der Waals surface area contributed by atoms with Gasteiger partial charge in [-0.2, -0.15) is 11.8 Å². The Kier molecular flexibility index (Phi) is 4.29. The standard InChI is InChI=1S/C13H19FN2S/c1-10(15-2)11-3-4-13(12(14)9-11)16-5-7-17-8-6-16/h3-4,9-10,15H,5-8H2,1-2H3. The van der Waals surface area contributed by atoms with Crippen molar-refractivity contribution in [1.29, 1.82) is 0 Å². The molecule has 1 N–H and O–H groups in total. The summed E-state index contributed by atoms with van der Waals surface area (Å²) in [6.45, 7) is 3.93. The second-order valence-corrected chi connectivity index (χ2v) is 5.55. The summed E-state index contributed by atoms with van der Waals surface area (Å²) in [6.07, 6.45) is 0. The van der Waals surface area contributed by atoms with E-state index in [9.17, 15) is 4.39 Å². The number of nitrogens with zero attached hydrogens (tertiary/aromatic N) is 1. The maximum Gasteiger partial charge on any atom is 0.146 e. The van der Waals surface area contributed by atoms with Crippen molar-refractivity contribution in [2.24, 2.45) is 0 Å². The highest BCUT2D eigenvalue weighted by Crippen LogP contribution is 2.25. The largest absolute Gasteiger partial charge is 0.368 e. The van der Waals surface area contributed by atoms with Crippen molar-refractivity contribution in [2.45, 2.75) is 13.0 Å². The van der Waals surface area contributed by atoms with E-state index in [1.807, 2.05) is 37.9 Å². The summed E-state index contributed by atoms with van der Waals surface area (Å²) >= 11 is 1.94. The highest BCUT2D eigenvalue weighted by molar-refractivity contribution is 7.99. The van der Waals surface area contributed by atoms with Crippen LogP contribution in [-0.2, 0) is 0 Å². The van der Waals surface area contributed by atoms with Gasteiger partial charge in [0.25, 0.3) is 0 Å². The van der Waals surface area contributed by atoms with Crippen molar-refractivity contribution in [3.8, 4) is 0 Å². The molecule has 1 fully saturated rings. The van der Waals surface area contributed by atoms with Gasteiger partial charge < -0.3 is 10.2 Å². The van der Waals surface area contributed by atoms with E-state index in [4.69, 9.17) is 0 Å². The Hall–Kier alpha value is -0.740. The van der Waals surface area contributed by atoms with E-state index in [0.29, 0.717) is 0 Å². The van der Waals surface area contributed by atoms with Gasteiger partial charge in [-0.15, -0.1) is 0 Å². The molecule has 0 bridgehead atoms. The van der Waals surface area contributed by atoms with Gasteiger partial charge in [-0.05, 0) is 31.7 Å². The number of hydrogen-bond donors (Lipinski definition) is 1. The molecular formula is C13H19FN2S. The van der Waals surface area contributed by atoms with Crippen LogP contribution >= 0.6 is 11.8 Å². The molecule has 0 saturated carbocycles. The van der Waals surface area contributed by atoms with E-state index in [-0.39, 0.29) is 11.9 Å². The normalized spacial score (nSPS) is 18.2. The molecule has 4 heteroatoms. The van der Waals surface area contributed by atoms with Crippen LogP contribution in [0.25, 0.3) is 0 Å². The van der Waals surface area contributed by atoms with Gasteiger partial charge in [-0.3, -0.25) is 0 Å². The molecule has 94 valence electrons. The fourth-order valence-corrected chi connectivity index (χ4v) is 2.92. The number of anilines is 1. The average Bonchev–Trinajstić information content (AvgIpc) is 2.38. The zero-order valence-electron chi connectivity index (χ0n) is 10.4. The third-order valence-corrected chi connectivity index (χ3v) is 4.20. The molecule has 0 aromatic heterocycles. The van der Waals surface area contributed by atoms with Crippen LogP contribution in [0.2, 0.25) is 0 Å². The average molecular weight is 254 g/mol. The van der Waals surface area contributed by atoms with Crippen LogP contribution in [0.15, 0.2) is 18.2 Å². The van der Waals surface area contributed by atoms with Crippen molar-refractivity contribution < 1.29 is 4.39 Å². The van der Waals surface area contributed by atoms with Crippen molar-refractivity contribution in [2.75, 3.05) is 36.5 Å². The zero-order chi connectivity index (χ0) is 12.3. The van der Waals surface area contributed by atoms with Crippen LogP contribution in [0, 0.1) is 5.82 Å². The Bertz CT molecular complexity index is 378. The molecule has 0 radical (unpaired) electrons. The van der Waals surface area contributed by atoms with E-state index in [0.717, 1.165) is 35.8 Å². The third kappa shape index (κ3) is 2.93. The molecule has 2 rings (SSSR count). The second-order valence-electron chi connectivity index (χ2n) is 4.32. The number of rotatable bonds is 3. The molecule has 1 heterocycles. The van der Waals surface area contributed by atoms with Crippen molar-refractivity contribution >= 4 is 17.4 Å². The Morgan fingerprint density at radius 3 is 2.65 bits per heavy atom. The predicted octanol–water partition coefficient (Wildman–Crippen LogP) is 2.66. The van der Waals surface area contributed by atoms with Crippen molar-refractivity contribution in [3.63, 3.8) is 0 Å². The van der Waals surface area contributed by atoms with Crippen LogP contribution in [-0.4, -0.2) is 31.6 Å². The fourth-order valence-electron chi connectivity index (χ4n) is 2.02. The lowest BCUT2D eigenvalue weighted by Crippen LogP contribution is -2.33. The molecule has 0 spiro atoms. The number of hydrogen-bond acceptors (Lipinski definition) is 3. The van der Waals surface area contributed by atoms with Gasteiger partial charge in [0.05, 0.1) is 5.69 Å². The molecule has 1 aliphatic heterocycles. The Morgan fingerprint density at radius 1 is 1.35 bits per heavy atom. The third-order valence-electron chi connectivity index (χ3n) is 3.26.